The third kappa shape index (κ3) is 2.08. The van der Waals surface area contributed by atoms with Gasteiger partial charge in [0.05, 0.1) is 11.7 Å². The first kappa shape index (κ1) is 12.1. The fourth-order valence-corrected chi connectivity index (χ4v) is 2.43. The number of nitrogens with zero attached hydrogens (tertiary/aromatic N) is 4. The van der Waals surface area contributed by atoms with E-state index in [0.29, 0.717) is 5.95 Å². The van der Waals surface area contributed by atoms with Crippen LogP contribution in [0.4, 0.5) is 5.95 Å². The predicted octanol–water partition coefficient (Wildman–Crippen LogP) is 2.78. The standard InChI is InChI=1S/C13H12BrN5/c1-8(10-4-2-3-5-16-10)19-12-11(18-13(19)15)6-9(14)7-17-12/h2-8H,1H3,(H2,15,18). The van der Waals surface area contributed by atoms with E-state index >= 15 is 0 Å². The predicted molar refractivity (Wildman–Crippen MR) is 77.7 cm³/mol. The molecule has 1 atom stereocenters. The number of nitrogens with two attached hydrogens (primary N) is 1. The van der Waals surface area contributed by atoms with Gasteiger partial charge in [-0.15, -0.1) is 0 Å². The van der Waals surface area contributed by atoms with Crippen molar-refractivity contribution in [3.8, 4) is 0 Å². The number of aromatic nitrogens is 4. The van der Waals surface area contributed by atoms with Crippen molar-refractivity contribution in [2.24, 2.45) is 0 Å². The molecule has 1 unspecified atom stereocenters. The lowest BCUT2D eigenvalue weighted by Gasteiger charge is -2.14. The first-order valence-electron chi connectivity index (χ1n) is 5.86. The van der Waals surface area contributed by atoms with Crippen LogP contribution >= 0.6 is 15.9 Å². The molecule has 0 saturated heterocycles. The summed E-state index contributed by atoms with van der Waals surface area (Å²) in [5, 5.41) is 0. The van der Waals surface area contributed by atoms with E-state index < -0.39 is 0 Å². The molecule has 3 rings (SSSR count). The van der Waals surface area contributed by atoms with Crippen molar-refractivity contribution in [1.82, 2.24) is 19.5 Å². The molecule has 19 heavy (non-hydrogen) atoms. The molecule has 0 aliphatic rings. The van der Waals surface area contributed by atoms with Crippen LogP contribution in [0.3, 0.4) is 0 Å². The van der Waals surface area contributed by atoms with E-state index in [1.54, 1.807) is 12.4 Å². The summed E-state index contributed by atoms with van der Waals surface area (Å²) >= 11 is 3.38. The zero-order chi connectivity index (χ0) is 13.4. The Morgan fingerprint density at radius 3 is 2.89 bits per heavy atom. The van der Waals surface area contributed by atoms with Crippen molar-refractivity contribution < 1.29 is 0 Å². The van der Waals surface area contributed by atoms with Crippen LogP contribution in [0.15, 0.2) is 41.1 Å². The van der Waals surface area contributed by atoms with E-state index in [1.165, 1.54) is 0 Å². The van der Waals surface area contributed by atoms with Gasteiger partial charge >= 0.3 is 0 Å². The Hall–Kier alpha value is -1.95. The second kappa shape index (κ2) is 4.62. The summed E-state index contributed by atoms with van der Waals surface area (Å²) in [5.74, 6) is 0.443. The maximum atomic E-state index is 6.01. The highest BCUT2D eigenvalue weighted by Crippen LogP contribution is 2.26. The highest BCUT2D eigenvalue weighted by molar-refractivity contribution is 9.10. The SMILES string of the molecule is CC(c1ccccn1)n1c(N)nc2cc(Br)cnc21. The van der Waals surface area contributed by atoms with Gasteiger partial charge in [0.2, 0.25) is 5.95 Å². The third-order valence-corrected chi connectivity index (χ3v) is 3.46. The summed E-state index contributed by atoms with van der Waals surface area (Å²) in [6.07, 6.45) is 3.51. The van der Waals surface area contributed by atoms with E-state index in [-0.39, 0.29) is 6.04 Å². The van der Waals surface area contributed by atoms with Crippen LogP contribution in [0.25, 0.3) is 11.2 Å². The van der Waals surface area contributed by atoms with Crippen LogP contribution in [-0.4, -0.2) is 19.5 Å². The molecular formula is C13H12BrN5. The summed E-state index contributed by atoms with van der Waals surface area (Å²) in [7, 11) is 0. The third-order valence-electron chi connectivity index (χ3n) is 3.03. The molecule has 0 amide bonds. The Kier molecular flexibility index (Phi) is 2.94. The van der Waals surface area contributed by atoms with Crippen LogP contribution < -0.4 is 5.73 Å². The molecule has 3 aromatic rings. The number of imidazole rings is 1. The monoisotopic (exact) mass is 317 g/mol. The minimum atomic E-state index is -0.0140. The summed E-state index contributed by atoms with van der Waals surface area (Å²) in [6, 6.07) is 7.70. The highest BCUT2D eigenvalue weighted by atomic mass is 79.9. The molecule has 0 aliphatic heterocycles. The fraction of sp³-hybridized carbons (Fsp3) is 0.154. The van der Waals surface area contributed by atoms with Crippen LogP contribution in [0, 0.1) is 0 Å². The molecule has 0 saturated carbocycles. The quantitative estimate of drug-likeness (QED) is 0.789. The Morgan fingerprint density at radius 1 is 1.32 bits per heavy atom. The van der Waals surface area contributed by atoms with Crippen molar-refractivity contribution >= 4 is 33.0 Å². The highest BCUT2D eigenvalue weighted by Gasteiger charge is 2.17. The minimum Gasteiger partial charge on any atom is -0.369 e. The molecule has 0 fully saturated rings. The summed E-state index contributed by atoms with van der Waals surface area (Å²) < 4.78 is 2.78. The van der Waals surface area contributed by atoms with Crippen LogP contribution in [0.2, 0.25) is 0 Å². The second-order valence-electron chi connectivity index (χ2n) is 4.27. The summed E-state index contributed by atoms with van der Waals surface area (Å²) in [5.41, 5.74) is 8.47. The zero-order valence-corrected chi connectivity index (χ0v) is 11.9. The van der Waals surface area contributed by atoms with E-state index in [0.717, 1.165) is 21.3 Å². The topological polar surface area (TPSA) is 69.6 Å². The minimum absolute atomic E-state index is 0.0140. The Morgan fingerprint density at radius 2 is 2.16 bits per heavy atom. The van der Waals surface area contributed by atoms with Crippen molar-refractivity contribution in [2.75, 3.05) is 5.73 Å². The van der Waals surface area contributed by atoms with Gasteiger partial charge in [0.1, 0.15) is 5.52 Å². The number of hydrogen-bond acceptors (Lipinski definition) is 4. The van der Waals surface area contributed by atoms with Gasteiger partial charge in [-0.1, -0.05) is 6.07 Å². The van der Waals surface area contributed by atoms with Crippen LogP contribution in [-0.2, 0) is 0 Å². The largest absolute Gasteiger partial charge is 0.369 e. The van der Waals surface area contributed by atoms with E-state index in [9.17, 15) is 0 Å². The molecule has 0 spiro atoms. The molecule has 0 aromatic carbocycles. The van der Waals surface area contributed by atoms with E-state index in [1.807, 2.05) is 35.8 Å². The van der Waals surface area contributed by atoms with Crippen molar-refractivity contribution in [3.63, 3.8) is 0 Å². The number of rotatable bonds is 2. The number of hydrogen-bond donors (Lipinski definition) is 1. The molecule has 3 aromatic heterocycles. The lowest BCUT2D eigenvalue weighted by Crippen LogP contribution is -2.11. The molecule has 3 heterocycles. The molecule has 0 radical (unpaired) electrons. The van der Waals surface area contributed by atoms with Gasteiger partial charge < -0.3 is 5.73 Å². The van der Waals surface area contributed by atoms with Crippen molar-refractivity contribution in [2.45, 2.75) is 13.0 Å². The maximum absolute atomic E-state index is 6.01. The lowest BCUT2D eigenvalue weighted by atomic mass is 10.2. The number of nitrogen functional groups attached to an aromatic ring is 1. The van der Waals surface area contributed by atoms with E-state index in [4.69, 9.17) is 5.73 Å². The number of anilines is 1. The summed E-state index contributed by atoms with van der Waals surface area (Å²) in [4.78, 5) is 13.1. The second-order valence-corrected chi connectivity index (χ2v) is 5.18. The Bertz CT molecular complexity index is 722. The van der Waals surface area contributed by atoms with Gasteiger partial charge in [0.25, 0.3) is 0 Å². The average molecular weight is 318 g/mol. The van der Waals surface area contributed by atoms with E-state index in [2.05, 4.69) is 30.9 Å². The van der Waals surface area contributed by atoms with Gasteiger partial charge in [-0.2, -0.15) is 0 Å². The molecule has 5 nitrogen and oxygen atoms in total. The number of fused-ring (bicyclic) bond motifs is 1. The Balaban J connectivity index is 2.17. The van der Waals surface area contributed by atoms with Gasteiger partial charge in [0.15, 0.2) is 5.65 Å². The summed E-state index contributed by atoms with van der Waals surface area (Å²) in [6.45, 7) is 2.03. The van der Waals surface area contributed by atoms with Gasteiger partial charge in [0, 0.05) is 16.9 Å². The molecule has 6 heteroatoms. The molecule has 96 valence electrons. The zero-order valence-electron chi connectivity index (χ0n) is 10.3. The van der Waals surface area contributed by atoms with Crippen molar-refractivity contribution in [3.05, 3.63) is 46.8 Å². The smallest absolute Gasteiger partial charge is 0.203 e. The maximum Gasteiger partial charge on any atom is 0.203 e. The number of halogens is 1. The first-order valence-corrected chi connectivity index (χ1v) is 6.66. The lowest BCUT2D eigenvalue weighted by molar-refractivity contribution is 0.642. The van der Waals surface area contributed by atoms with Gasteiger partial charge in [-0.25, -0.2) is 9.97 Å². The van der Waals surface area contributed by atoms with Crippen LogP contribution in [0.1, 0.15) is 18.7 Å². The van der Waals surface area contributed by atoms with Crippen LogP contribution in [0.5, 0.6) is 0 Å². The Labute approximate surface area is 118 Å². The molecule has 0 aliphatic carbocycles. The molecular weight excluding hydrogens is 306 g/mol. The normalized spacial score (nSPS) is 12.7. The van der Waals surface area contributed by atoms with Gasteiger partial charge in [-0.3, -0.25) is 9.55 Å². The number of pyridine rings is 2. The van der Waals surface area contributed by atoms with Gasteiger partial charge in [-0.05, 0) is 41.1 Å². The van der Waals surface area contributed by atoms with Crippen molar-refractivity contribution in [1.29, 1.82) is 0 Å². The average Bonchev–Trinajstić information content (AvgIpc) is 2.74. The first-order chi connectivity index (χ1) is 9.16. The fourth-order valence-electron chi connectivity index (χ4n) is 2.11. The molecule has 0 bridgehead atoms. The molecule has 2 N–H and O–H groups in total.